The van der Waals surface area contributed by atoms with E-state index in [4.69, 9.17) is 5.11 Å². The predicted octanol–water partition coefficient (Wildman–Crippen LogP) is 7.52. The Morgan fingerprint density at radius 2 is 1.88 bits per heavy atom. The smallest absolute Gasteiger partial charge is 0.328 e. The molecule has 1 saturated carbocycles. The monoisotopic (exact) mass is 457 g/mol. The van der Waals surface area contributed by atoms with Crippen molar-refractivity contribution in [2.45, 2.75) is 26.2 Å². The van der Waals surface area contributed by atoms with Crippen molar-refractivity contribution in [3.05, 3.63) is 92.6 Å². The van der Waals surface area contributed by atoms with E-state index in [0.717, 1.165) is 16.6 Å². The average Bonchev–Trinajstić information content (AvgIpc) is 3.39. The quantitative estimate of drug-likeness (QED) is 0.305. The first-order valence-corrected chi connectivity index (χ1v) is 12.5. The summed E-state index contributed by atoms with van der Waals surface area (Å²) in [5.41, 5.74) is 11.5. The summed E-state index contributed by atoms with van der Waals surface area (Å²) in [5, 5.41) is 13.5. The molecule has 2 aromatic carbocycles. The number of benzene rings is 2. The predicted molar refractivity (Wildman–Crippen MR) is 135 cm³/mol. The van der Waals surface area contributed by atoms with Crippen molar-refractivity contribution in [3.63, 3.8) is 0 Å². The molecule has 1 N–H and O–H groups in total. The van der Waals surface area contributed by atoms with Crippen LogP contribution in [0.15, 0.2) is 64.8 Å². The maximum atomic E-state index is 10.9. The molecule has 0 aliphatic heterocycles. The van der Waals surface area contributed by atoms with Crippen LogP contribution in [0.1, 0.15) is 47.1 Å². The van der Waals surface area contributed by atoms with Crippen molar-refractivity contribution >= 4 is 56.1 Å². The number of carboxylic acid groups (broad SMARTS) is 1. The number of thiophene rings is 1. The molecule has 2 heterocycles. The number of aromatic nitrogens is 1. The third kappa shape index (κ3) is 4.06. The molecule has 5 rings (SSSR count). The lowest BCUT2D eigenvalue weighted by Gasteiger charge is -2.31. The number of hydrogen-bond acceptors (Lipinski definition) is 4. The van der Waals surface area contributed by atoms with Crippen LogP contribution >= 0.6 is 22.7 Å². The average molecular weight is 458 g/mol. The third-order valence-corrected chi connectivity index (χ3v) is 7.84. The summed E-state index contributed by atoms with van der Waals surface area (Å²) in [4.78, 5) is 15.4. The second-order valence-corrected chi connectivity index (χ2v) is 9.84. The lowest BCUT2D eigenvalue weighted by Crippen LogP contribution is -2.15. The zero-order chi connectivity index (χ0) is 22.1. The molecule has 5 heteroatoms. The Morgan fingerprint density at radius 1 is 1.09 bits per heavy atom. The molecule has 3 nitrogen and oxygen atoms in total. The summed E-state index contributed by atoms with van der Waals surface area (Å²) in [6.45, 7) is 2.20. The van der Waals surface area contributed by atoms with Gasteiger partial charge in [0, 0.05) is 6.08 Å². The highest BCUT2D eigenvalue weighted by atomic mass is 32.1. The Hall–Kier alpha value is -3.02. The lowest BCUT2D eigenvalue weighted by molar-refractivity contribution is -0.131. The van der Waals surface area contributed by atoms with Gasteiger partial charge in [-0.25, -0.2) is 9.78 Å². The van der Waals surface area contributed by atoms with E-state index in [1.54, 1.807) is 28.7 Å². The summed E-state index contributed by atoms with van der Waals surface area (Å²) >= 11 is 3.42. The van der Waals surface area contributed by atoms with Gasteiger partial charge in [-0.1, -0.05) is 36.8 Å². The number of carboxylic acids is 1. The maximum absolute atomic E-state index is 10.9. The van der Waals surface area contributed by atoms with Crippen molar-refractivity contribution in [1.29, 1.82) is 0 Å². The summed E-state index contributed by atoms with van der Waals surface area (Å²) in [7, 11) is 0. The van der Waals surface area contributed by atoms with Gasteiger partial charge in [0.25, 0.3) is 0 Å². The molecule has 0 unspecified atom stereocenters. The molecular formula is C27H23NO2S2. The highest BCUT2D eigenvalue weighted by molar-refractivity contribution is 7.16. The Balaban J connectivity index is 1.72. The van der Waals surface area contributed by atoms with Gasteiger partial charge in [0.1, 0.15) is 0 Å². The minimum absolute atomic E-state index is 0.552. The molecule has 0 amide bonds. The van der Waals surface area contributed by atoms with Crippen LogP contribution in [0.4, 0.5) is 0 Å². The summed E-state index contributed by atoms with van der Waals surface area (Å²) < 4.78 is 1.19. The van der Waals surface area contributed by atoms with E-state index >= 15 is 0 Å². The Kier molecular flexibility index (Phi) is 5.77. The van der Waals surface area contributed by atoms with E-state index < -0.39 is 5.97 Å². The fourth-order valence-corrected chi connectivity index (χ4v) is 5.82. The molecular weight excluding hydrogens is 434 g/mol. The first-order chi connectivity index (χ1) is 15.6. The van der Waals surface area contributed by atoms with Gasteiger partial charge >= 0.3 is 5.97 Å². The molecule has 2 aromatic heterocycles. The van der Waals surface area contributed by atoms with E-state index in [1.165, 1.54) is 57.9 Å². The summed E-state index contributed by atoms with van der Waals surface area (Å²) in [6.07, 6.45) is 6.51. The van der Waals surface area contributed by atoms with E-state index in [9.17, 15) is 4.79 Å². The molecule has 0 saturated heterocycles. The van der Waals surface area contributed by atoms with Crippen molar-refractivity contribution in [1.82, 2.24) is 4.98 Å². The van der Waals surface area contributed by atoms with Crippen molar-refractivity contribution in [3.8, 4) is 0 Å². The van der Waals surface area contributed by atoms with Gasteiger partial charge in [0.05, 0.1) is 15.7 Å². The van der Waals surface area contributed by atoms with Gasteiger partial charge in [-0.2, -0.15) is 11.3 Å². The normalized spacial score (nSPS) is 15.2. The summed E-state index contributed by atoms with van der Waals surface area (Å²) in [6, 6.07) is 14.8. The summed E-state index contributed by atoms with van der Waals surface area (Å²) in [5.74, 6) is -0.387. The van der Waals surface area contributed by atoms with E-state index in [1.807, 2.05) is 17.6 Å². The number of fused-ring (bicyclic) bond motifs is 1. The van der Waals surface area contributed by atoms with Gasteiger partial charge in [-0.05, 0) is 93.6 Å². The van der Waals surface area contributed by atoms with Crippen LogP contribution in [0.25, 0.3) is 27.4 Å². The molecule has 1 aliphatic carbocycles. The standard InChI is InChI=1S/C27H23NO2S2/c1-17-14-31-15-22(17)27(19-3-2-4-19)26(21-10-11-24-23(13-21)28-16-32-24)20-8-5-18(6-9-20)7-12-25(29)30/h5-16,19H,2-4H2,1H3,(H,29,30). The number of thiazole rings is 1. The third-order valence-electron chi connectivity index (χ3n) is 6.17. The Bertz CT molecular complexity index is 1340. The molecule has 1 aliphatic rings. The van der Waals surface area contributed by atoms with Gasteiger partial charge in [0.2, 0.25) is 0 Å². The topological polar surface area (TPSA) is 50.2 Å². The minimum atomic E-state index is -0.938. The van der Waals surface area contributed by atoms with Gasteiger partial charge in [-0.3, -0.25) is 0 Å². The Morgan fingerprint density at radius 3 is 2.53 bits per heavy atom. The fourth-order valence-electron chi connectivity index (χ4n) is 4.31. The first kappa shape index (κ1) is 20.9. The first-order valence-electron chi connectivity index (χ1n) is 10.7. The number of rotatable bonds is 6. The molecule has 160 valence electrons. The highest BCUT2D eigenvalue weighted by Gasteiger charge is 2.28. The number of nitrogens with zero attached hydrogens (tertiary/aromatic N) is 1. The Labute approximate surface area is 195 Å². The van der Waals surface area contributed by atoms with Crippen LogP contribution in [0.3, 0.4) is 0 Å². The molecule has 0 radical (unpaired) electrons. The van der Waals surface area contributed by atoms with Crippen LogP contribution in [0.2, 0.25) is 0 Å². The van der Waals surface area contributed by atoms with E-state index in [-0.39, 0.29) is 0 Å². The highest BCUT2D eigenvalue weighted by Crippen LogP contribution is 2.46. The molecule has 1 fully saturated rings. The minimum Gasteiger partial charge on any atom is -0.478 e. The lowest BCUT2D eigenvalue weighted by atomic mass is 9.73. The number of aliphatic carboxylic acids is 1. The van der Waals surface area contributed by atoms with Crippen LogP contribution < -0.4 is 0 Å². The fraction of sp³-hybridized carbons (Fsp3) is 0.185. The van der Waals surface area contributed by atoms with Crippen LogP contribution in [0.5, 0.6) is 0 Å². The molecule has 0 spiro atoms. The van der Waals surface area contributed by atoms with Crippen LogP contribution in [0, 0.1) is 12.8 Å². The van der Waals surface area contributed by atoms with Crippen LogP contribution in [-0.2, 0) is 4.79 Å². The van der Waals surface area contributed by atoms with Gasteiger partial charge < -0.3 is 5.11 Å². The zero-order valence-corrected chi connectivity index (χ0v) is 19.4. The number of carbonyl (C=O) groups is 1. The van der Waals surface area contributed by atoms with Gasteiger partial charge in [-0.15, -0.1) is 11.3 Å². The zero-order valence-electron chi connectivity index (χ0n) is 17.7. The van der Waals surface area contributed by atoms with Gasteiger partial charge in [0.15, 0.2) is 0 Å². The van der Waals surface area contributed by atoms with E-state index in [2.05, 4.69) is 53.0 Å². The van der Waals surface area contributed by atoms with E-state index in [0.29, 0.717) is 5.92 Å². The molecule has 0 atom stereocenters. The maximum Gasteiger partial charge on any atom is 0.328 e. The van der Waals surface area contributed by atoms with Crippen molar-refractivity contribution in [2.75, 3.05) is 0 Å². The SMILES string of the molecule is Cc1cscc1C(=C(c1ccc(C=CC(=O)O)cc1)c1ccc2scnc2c1)C1CCC1. The van der Waals surface area contributed by atoms with Crippen molar-refractivity contribution < 1.29 is 9.90 Å². The molecule has 4 aromatic rings. The molecule has 32 heavy (non-hydrogen) atoms. The second-order valence-electron chi connectivity index (χ2n) is 8.21. The van der Waals surface area contributed by atoms with Crippen molar-refractivity contribution in [2.24, 2.45) is 5.92 Å². The number of allylic oxidation sites excluding steroid dienone is 1. The largest absolute Gasteiger partial charge is 0.478 e. The van der Waals surface area contributed by atoms with Crippen LogP contribution in [-0.4, -0.2) is 16.1 Å². The second kappa shape index (κ2) is 8.85. The molecule has 0 bridgehead atoms. The number of hydrogen-bond donors (Lipinski definition) is 1. The number of aryl methyl sites for hydroxylation is 1.